The molecule has 1 aromatic carbocycles. The molecule has 0 radical (unpaired) electrons. The molecule has 1 aliphatic rings. The molecule has 0 unspecified atom stereocenters. The van der Waals surface area contributed by atoms with Gasteiger partial charge in [-0.1, -0.05) is 36.8 Å². The van der Waals surface area contributed by atoms with E-state index in [4.69, 9.17) is 0 Å². The molecular weight excluding hydrogens is 294 g/mol. The molecule has 24 heavy (non-hydrogen) atoms. The van der Waals surface area contributed by atoms with Crippen molar-refractivity contribution in [2.45, 2.75) is 38.3 Å². The Kier molecular flexibility index (Phi) is 6.00. The summed E-state index contributed by atoms with van der Waals surface area (Å²) >= 11 is 0. The van der Waals surface area contributed by atoms with Gasteiger partial charge < -0.3 is 4.90 Å². The van der Waals surface area contributed by atoms with Crippen LogP contribution in [-0.4, -0.2) is 42.0 Å². The minimum Gasteiger partial charge on any atom is -0.305 e. The van der Waals surface area contributed by atoms with Crippen molar-refractivity contribution in [1.29, 1.82) is 0 Å². The zero-order chi connectivity index (χ0) is 16.8. The quantitative estimate of drug-likeness (QED) is 0.803. The van der Waals surface area contributed by atoms with Gasteiger partial charge in [0.2, 0.25) is 0 Å². The van der Waals surface area contributed by atoms with Crippen molar-refractivity contribution in [2.24, 2.45) is 0 Å². The van der Waals surface area contributed by atoms with Gasteiger partial charge in [-0.25, -0.2) is 0 Å². The summed E-state index contributed by atoms with van der Waals surface area (Å²) in [5.74, 6) is 0. The van der Waals surface area contributed by atoms with Gasteiger partial charge in [0, 0.05) is 37.4 Å². The predicted octanol–water partition coefficient (Wildman–Crippen LogP) is 3.91. The van der Waals surface area contributed by atoms with Gasteiger partial charge in [-0.15, -0.1) is 0 Å². The molecule has 0 bridgehead atoms. The Balaban J connectivity index is 1.65. The number of nitrogens with zero attached hydrogens (tertiary/aromatic N) is 3. The Morgan fingerprint density at radius 3 is 2.62 bits per heavy atom. The first-order chi connectivity index (χ1) is 11.7. The van der Waals surface area contributed by atoms with Crippen molar-refractivity contribution in [3.63, 3.8) is 0 Å². The summed E-state index contributed by atoms with van der Waals surface area (Å²) in [5, 5.41) is 0. The molecule has 1 aliphatic heterocycles. The normalized spacial score (nSPS) is 18.9. The number of likely N-dealkylation sites (tertiary alicyclic amines) is 1. The van der Waals surface area contributed by atoms with Crippen LogP contribution in [-0.2, 0) is 13.0 Å². The van der Waals surface area contributed by atoms with Crippen LogP contribution in [0, 0.1) is 0 Å². The zero-order valence-corrected chi connectivity index (χ0v) is 15.0. The largest absolute Gasteiger partial charge is 0.305 e. The smallest absolute Gasteiger partial charge is 0.0416 e. The molecule has 1 atom stereocenters. The van der Waals surface area contributed by atoms with Crippen LogP contribution in [0.15, 0.2) is 48.7 Å². The molecule has 0 saturated carbocycles. The summed E-state index contributed by atoms with van der Waals surface area (Å²) < 4.78 is 0. The Morgan fingerprint density at radius 2 is 1.92 bits per heavy atom. The fraction of sp³-hybridized carbons (Fsp3) is 0.476. The summed E-state index contributed by atoms with van der Waals surface area (Å²) in [6, 6.07) is 16.0. The standard InChI is InChI=1S/C21H29N3/c1-23(2)17-18-9-11-19(12-10-18)21-8-4-6-15-24(21)16-13-20-7-3-5-14-22-20/h3,5,7,9-12,14,21H,4,6,8,13,15-17H2,1-2H3/t21-/m1/s1. The molecule has 0 amide bonds. The van der Waals surface area contributed by atoms with Crippen LogP contribution in [0.1, 0.15) is 42.1 Å². The minimum atomic E-state index is 0.566. The molecule has 2 heterocycles. The summed E-state index contributed by atoms with van der Waals surface area (Å²) in [4.78, 5) is 9.34. The molecule has 0 spiro atoms. The van der Waals surface area contributed by atoms with Gasteiger partial charge in [0.05, 0.1) is 0 Å². The topological polar surface area (TPSA) is 19.4 Å². The maximum atomic E-state index is 4.47. The molecule has 0 aliphatic carbocycles. The highest BCUT2D eigenvalue weighted by atomic mass is 15.2. The lowest BCUT2D eigenvalue weighted by atomic mass is 9.94. The number of hydrogen-bond donors (Lipinski definition) is 0. The lowest BCUT2D eigenvalue weighted by Crippen LogP contribution is -2.35. The van der Waals surface area contributed by atoms with Crippen LogP contribution >= 0.6 is 0 Å². The maximum absolute atomic E-state index is 4.47. The highest BCUT2D eigenvalue weighted by Crippen LogP contribution is 2.31. The van der Waals surface area contributed by atoms with E-state index >= 15 is 0 Å². The van der Waals surface area contributed by atoms with Crippen molar-refractivity contribution < 1.29 is 0 Å². The van der Waals surface area contributed by atoms with Gasteiger partial charge >= 0.3 is 0 Å². The van der Waals surface area contributed by atoms with E-state index in [0.29, 0.717) is 6.04 Å². The van der Waals surface area contributed by atoms with Gasteiger partial charge in [-0.05, 0) is 56.7 Å². The Labute approximate surface area is 146 Å². The summed E-state index contributed by atoms with van der Waals surface area (Å²) in [6.45, 7) is 3.31. The monoisotopic (exact) mass is 323 g/mol. The van der Waals surface area contributed by atoms with Crippen molar-refractivity contribution in [2.75, 3.05) is 27.2 Å². The number of rotatable bonds is 6. The van der Waals surface area contributed by atoms with E-state index in [-0.39, 0.29) is 0 Å². The second-order valence-corrected chi connectivity index (χ2v) is 7.10. The third kappa shape index (κ3) is 4.65. The van der Waals surface area contributed by atoms with Gasteiger partial charge in [0.25, 0.3) is 0 Å². The molecule has 2 aromatic rings. The predicted molar refractivity (Wildman–Crippen MR) is 99.9 cm³/mol. The molecule has 0 N–H and O–H groups in total. The van der Waals surface area contributed by atoms with Crippen LogP contribution in [0.25, 0.3) is 0 Å². The summed E-state index contributed by atoms with van der Waals surface area (Å²) in [6.07, 6.45) is 6.86. The lowest BCUT2D eigenvalue weighted by Gasteiger charge is -2.36. The number of piperidine rings is 1. The van der Waals surface area contributed by atoms with Crippen LogP contribution in [0.4, 0.5) is 0 Å². The molecule has 1 aromatic heterocycles. The van der Waals surface area contributed by atoms with Gasteiger partial charge in [-0.2, -0.15) is 0 Å². The summed E-state index contributed by atoms with van der Waals surface area (Å²) in [7, 11) is 4.24. The van der Waals surface area contributed by atoms with E-state index in [1.807, 2.05) is 12.3 Å². The number of pyridine rings is 1. The van der Waals surface area contributed by atoms with Crippen molar-refractivity contribution in [3.05, 3.63) is 65.5 Å². The Bertz CT molecular complexity index is 607. The fourth-order valence-electron chi connectivity index (χ4n) is 3.65. The highest BCUT2D eigenvalue weighted by Gasteiger charge is 2.23. The van der Waals surface area contributed by atoms with Crippen molar-refractivity contribution >= 4 is 0 Å². The van der Waals surface area contributed by atoms with Gasteiger partial charge in [0.1, 0.15) is 0 Å². The van der Waals surface area contributed by atoms with Crippen LogP contribution < -0.4 is 0 Å². The first kappa shape index (κ1) is 17.1. The van der Waals surface area contributed by atoms with E-state index in [2.05, 4.69) is 65.3 Å². The third-order valence-electron chi connectivity index (χ3n) is 4.86. The number of aromatic nitrogens is 1. The molecule has 1 saturated heterocycles. The van der Waals surface area contributed by atoms with Crippen LogP contribution in [0.3, 0.4) is 0 Å². The molecule has 3 heteroatoms. The molecule has 3 nitrogen and oxygen atoms in total. The van der Waals surface area contributed by atoms with Gasteiger partial charge in [0.15, 0.2) is 0 Å². The first-order valence-electron chi connectivity index (χ1n) is 9.10. The van der Waals surface area contributed by atoms with E-state index < -0.39 is 0 Å². The van der Waals surface area contributed by atoms with Gasteiger partial charge in [-0.3, -0.25) is 9.88 Å². The second kappa shape index (κ2) is 8.41. The van der Waals surface area contributed by atoms with Crippen molar-refractivity contribution in [1.82, 2.24) is 14.8 Å². The minimum absolute atomic E-state index is 0.566. The van der Waals surface area contributed by atoms with E-state index in [9.17, 15) is 0 Å². The number of benzene rings is 1. The fourth-order valence-corrected chi connectivity index (χ4v) is 3.65. The Morgan fingerprint density at radius 1 is 1.08 bits per heavy atom. The summed E-state index contributed by atoms with van der Waals surface area (Å²) in [5.41, 5.74) is 4.06. The first-order valence-corrected chi connectivity index (χ1v) is 9.10. The van der Waals surface area contributed by atoms with Crippen molar-refractivity contribution in [3.8, 4) is 0 Å². The Hall–Kier alpha value is -1.71. The van der Waals surface area contributed by atoms with E-state index in [1.54, 1.807) is 0 Å². The third-order valence-corrected chi connectivity index (χ3v) is 4.86. The highest BCUT2D eigenvalue weighted by molar-refractivity contribution is 5.25. The molecule has 1 fully saturated rings. The lowest BCUT2D eigenvalue weighted by molar-refractivity contribution is 0.150. The second-order valence-electron chi connectivity index (χ2n) is 7.10. The van der Waals surface area contributed by atoms with E-state index in [0.717, 1.165) is 19.5 Å². The zero-order valence-electron chi connectivity index (χ0n) is 15.0. The van der Waals surface area contributed by atoms with Crippen LogP contribution in [0.5, 0.6) is 0 Å². The molecule has 3 rings (SSSR count). The maximum Gasteiger partial charge on any atom is 0.0416 e. The molecule has 128 valence electrons. The van der Waals surface area contributed by atoms with E-state index in [1.165, 1.54) is 42.6 Å². The molecular formula is C21H29N3. The number of hydrogen-bond acceptors (Lipinski definition) is 3. The average Bonchev–Trinajstić information content (AvgIpc) is 2.61. The van der Waals surface area contributed by atoms with Crippen LogP contribution in [0.2, 0.25) is 0 Å². The SMILES string of the molecule is CN(C)Cc1ccc([C@H]2CCCCN2CCc2ccccn2)cc1. The average molecular weight is 323 g/mol.